The molecule has 2 heterocycles. The maximum Gasteiger partial charge on any atom is 0.266 e. The Morgan fingerprint density at radius 1 is 1.30 bits per heavy atom. The second-order valence-corrected chi connectivity index (χ2v) is 6.56. The van der Waals surface area contributed by atoms with Crippen LogP contribution in [0.1, 0.15) is 12.1 Å². The molecule has 0 bridgehead atoms. The molecule has 7 heteroatoms. The number of amides is 1. The molecule has 5 nitrogen and oxygen atoms in total. The van der Waals surface area contributed by atoms with Gasteiger partial charge in [-0.3, -0.25) is 9.69 Å². The summed E-state index contributed by atoms with van der Waals surface area (Å²) in [5, 5.41) is 11.6. The van der Waals surface area contributed by atoms with Crippen molar-refractivity contribution in [1.82, 2.24) is 9.88 Å². The van der Waals surface area contributed by atoms with Gasteiger partial charge in [-0.05, 0) is 18.2 Å². The van der Waals surface area contributed by atoms with E-state index < -0.39 is 5.97 Å². The Balaban J connectivity index is 1.85. The van der Waals surface area contributed by atoms with E-state index in [-0.39, 0.29) is 18.9 Å². The van der Waals surface area contributed by atoms with Crippen LogP contribution in [-0.4, -0.2) is 32.6 Å². The van der Waals surface area contributed by atoms with Gasteiger partial charge in [-0.2, -0.15) is 0 Å². The van der Waals surface area contributed by atoms with Crippen LogP contribution in [0.3, 0.4) is 0 Å². The highest BCUT2D eigenvalue weighted by Gasteiger charge is 2.31. The van der Waals surface area contributed by atoms with Crippen LogP contribution in [0.5, 0.6) is 0 Å². The highest BCUT2D eigenvalue weighted by molar-refractivity contribution is 8.26. The number of pyridine rings is 1. The highest BCUT2D eigenvalue weighted by atomic mass is 32.2. The summed E-state index contributed by atoms with van der Waals surface area (Å²) < 4.78 is 0.350. The third kappa shape index (κ3) is 3.40. The number of carbonyl (C=O) groups excluding carboxylic acids is 2. The van der Waals surface area contributed by atoms with Crippen molar-refractivity contribution in [3.63, 3.8) is 0 Å². The summed E-state index contributed by atoms with van der Waals surface area (Å²) in [6.45, 7) is 0.0233. The third-order valence-corrected chi connectivity index (χ3v) is 4.69. The zero-order chi connectivity index (χ0) is 16.4. The molecule has 0 saturated carbocycles. The summed E-state index contributed by atoms with van der Waals surface area (Å²) in [5.41, 5.74) is 1.50. The smallest absolute Gasteiger partial charge is 0.266 e. The Labute approximate surface area is 142 Å². The average Bonchev–Trinajstić information content (AvgIpc) is 2.79. The Morgan fingerprint density at radius 3 is 2.87 bits per heavy atom. The lowest BCUT2D eigenvalue weighted by Gasteiger charge is -2.14. The molecule has 1 amide bonds. The Hall–Kier alpha value is -2.25. The molecule has 0 N–H and O–H groups in total. The number of para-hydroxylation sites is 1. The van der Waals surface area contributed by atoms with E-state index in [9.17, 15) is 14.7 Å². The molecule has 116 valence electrons. The maximum atomic E-state index is 12.3. The van der Waals surface area contributed by atoms with E-state index in [2.05, 4.69) is 4.98 Å². The number of benzene rings is 1. The number of carbonyl (C=O) groups is 2. The minimum atomic E-state index is -1.21. The van der Waals surface area contributed by atoms with Crippen molar-refractivity contribution in [2.45, 2.75) is 6.42 Å². The van der Waals surface area contributed by atoms with Crippen LogP contribution in [0.4, 0.5) is 0 Å². The fourth-order valence-corrected chi connectivity index (χ4v) is 3.49. The van der Waals surface area contributed by atoms with Crippen molar-refractivity contribution >= 4 is 57.2 Å². The van der Waals surface area contributed by atoms with Crippen molar-refractivity contribution in [1.29, 1.82) is 0 Å². The second-order valence-electron chi connectivity index (χ2n) is 4.88. The van der Waals surface area contributed by atoms with Crippen LogP contribution in [0.25, 0.3) is 17.0 Å². The Kier molecular flexibility index (Phi) is 4.40. The summed E-state index contributed by atoms with van der Waals surface area (Å²) in [6.07, 6.45) is 1.43. The number of nitrogens with zero attached hydrogens (tertiary/aromatic N) is 2. The van der Waals surface area contributed by atoms with Crippen LogP contribution in [0, 0.1) is 0 Å². The zero-order valence-corrected chi connectivity index (χ0v) is 13.5. The van der Waals surface area contributed by atoms with Gasteiger partial charge in [0.05, 0.1) is 16.1 Å². The SMILES string of the molecule is O=C([O-])CCN1C(=O)/C(=C/c2ccc3ccccc3n2)SC1=S. The molecule has 0 spiro atoms. The zero-order valence-electron chi connectivity index (χ0n) is 11.9. The number of aromatic nitrogens is 1. The van der Waals surface area contributed by atoms with Crippen LogP contribution in [-0.2, 0) is 9.59 Å². The molecule has 1 aliphatic rings. The number of hydrogen-bond acceptors (Lipinski definition) is 6. The number of fused-ring (bicyclic) bond motifs is 1. The van der Waals surface area contributed by atoms with Crippen molar-refractivity contribution in [2.24, 2.45) is 0 Å². The Morgan fingerprint density at radius 2 is 2.09 bits per heavy atom. The first-order valence-corrected chi connectivity index (χ1v) is 8.08. The van der Waals surface area contributed by atoms with Gasteiger partial charge in [-0.25, -0.2) is 4.98 Å². The van der Waals surface area contributed by atoms with Gasteiger partial charge in [0.15, 0.2) is 0 Å². The summed E-state index contributed by atoms with van der Waals surface area (Å²) in [5.74, 6) is -1.50. The lowest BCUT2D eigenvalue weighted by atomic mass is 10.2. The molecule has 0 radical (unpaired) electrons. The first kappa shape index (κ1) is 15.6. The van der Waals surface area contributed by atoms with Crippen LogP contribution in [0.2, 0.25) is 0 Å². The second kappa shape index (κ2) is 6.47. The summed E-state index contributed by atoms with van der Waals surface area (Å²) in [4.78, 5) is 29.1. The number of thioether (sulfide) groups is 1. The fourth-order valence-electron chi connectivity index (χ4n) is 2.19. The van der Waals surface area contributed by atoms with Gasteiger partial charge >= 0.3 is 0 Å². The molecule has 1 saturated heterocycles. The van der Waals surface area contributed by atoms with Crippen molar-refractivity contribution in [3.05, 3.63) is 47.0 Å². The van der Waals surface area contributed by atoms with Gasteiger partial charge in [0.2, 0.25) is 0 Å². The van der Waals surface area contributed by atoms with Crippen molar-refractivity contribution in [2.75, 3.05) is 6.54 Å². The van der Waals surface area contributed by atoms with Gasteiger partial charge in [0.25, 0.3) is 5.91 Å². The lowest BCUT2D eigenvalue weighted by molar-refractivity contribution is -0.305. The predicted octanol–water partition coefficient (Wildman–Crippen LogP) is 1.58. The number of carboxylic acids is 1. The minimum Gasteiger partial charge on any atom is -0.550 e. The molecule has 0 aliphatic carbocycles. The first-order valence-electron chi connectivity index (χ1n) is 6.85. The van der Waals surface area contributed by atoms with E-state index in [0.29, 0.717) is 14.9 Å². The topological polar surface area (TPSA) is 73.3 Å². The minimum absolute atomic E-state index is 0.0233. The van der Waals surface area contributed by atoms with Crippen molar-refractivity contribution < 1.29 is 14.7 Å². The highest BCUT2D eigenvalue weighted by Crippen LogP contribution is 2.32. The van der Waals surface area contributed by atoms with Gasteiger partial charge < -0.3 is 9.90 Å². The molecule has 1 aliphatic heterocycles. The predicted molar refractivity (Wildman–Crippen MR) is 91.2 cm³/mol. The fraction of sp³-hybridized carbons (Fsp3) is 0.125. The molecular formula is C16H11N2O3S2-. The van der Waals surface area contributed by atoms with Crippen molar-refractivity contribution in [3.8, 4) is 0 Å². The first-order chi connectivity index (χ1) is 11.0. The third-order valence-electron chi connectivity index (χ3n) is 3.31. The molecule has 0 unspecified atom stereocenters. The number of rotatable bonds is 4. The molecule has 23 heavy (non-hydrogen) atoms. The maximum absolute atomic E-state index is 12.3. The number of aliphatic carboxylic acids is 1. The quantitative estimate of drug-likeness (QED) is 0.620. The summed E-state index contributed by atoms with van der Waals surface area (Å²) >= 11 is 6.28. The molecular weight excluding hydrogens is 332 g/mol. The van der Waals surface area contributed by atoms with E-state index in [1.54, 1.807) is 6.08 Å². The lowest BCUT2D eigenvalue weighted by Crippen LogP contribution is -2.33. The largest absolute Gasteiger partial charge is 0.550 e. The molecule has 1 fully saturated rings. The summed E-state index contributed by atoms with van der Waals surface area (Å²) in [6, 6.07) is 11.5. The molecule has 2 aromatic rings. The molecule has 1 aromatic heterocycles. The average molecular weight is 343 g/mol. The van der Waals surface area contributed by atoms with Gasteiger partial charge in [0.1, 0.15) is 4.32 Å². The standard InChI is InChI=1S/C16H12N2O3S2/c19-14(20)7-8-18-15(21)13(23-16(18)22)9-11-6-5-10-3-1-2-4-12(10)17-11/h1-6,9H,7-8H2,(H,19,20)/p-1/b13-9-. The van der Waals surface area contributed by atoms with Crippen LogP contribution >= 0.6 is 24.0 Å². The van der Waals surface area contributed by atoms with Gasteiger partial charge in [-0.1, -0.05) is 48.2 Å². The van der Waals surface area contributed by atoms with E-state index in [4.69, 9.17) is 12.2 Å². The number of hydrogen-bond donors (Lipinski definition) is 0. The number of thiocarbonyl (C=S) groups is 1. The monoisotopic (exact) mass is 343 g/mol. The summed E-state index contributed by atoms with van der Waals surface area (Å²) in [7, 11) is 0. The van der Waals surface area contributed by atoms with E-state index in [1.165, 1.54) is 4.90 Å². The van der Waals surface area contributed by atoms with Gasteiger partial charge in [-0.15, -0.1) is 0 Å². The normalized spacial score (nSPS) is 16.5. The molecule has 3 rings (SSSR count). The van der Waals surface area contributed by atoms with Crippen LogP contribution in [0.15, 0.2) is 41.3 Å². The van der Waals surface area contributed by atoms with Crippen LogP contribution < -0.4 is 5.11 Å². The molecule has 1 aromatic carbocycles. The number of carboxylic acid groups (broad SMARTS) is 1. The van der Waals surface area contributed by atoms with E-state index >= 15 is 0 Å². The Bertz CT molecular complexity index is 848. The van der Waals surface area contributed by atoms with E-state index in [0.717, 1.165) is 22.7 Å². The molecule has 0 atom stereocenters. The van der Waals surface area contributed by atoms with E-state index in [1.807, 2.05) is 36.4 Å². The van der Waals surface area contributed by atoms with Gasteiger partial charge in [0, 0.05) is 24.3 Å².